The molecule has 1 aliphatic rings. The van der Waals surface area contributed by atoms with Crippen molar-refractivity contribution in [3.8, 4) is 5.69 Å². The number of piperidine rings is 1. The number of aryl methyl sites for hydroxylation is 1. The van der Waals surface area contributed by atoms with Crippen LogP contribution < -0.4 is 0 Å². The number of pyridine rings is 1. The molecule has 3 heterocycles. The van der Waals surface area contributed by atoms with E-state index in [0.717, 1.165) is 42.7 Å². The quantitative estimate of drug-likeness (QED) is 0.679. The molecular formula is C20H21ClN4O. The van der Waals surface area contributed by atoms with Crippen LogP contribution in [0.5, 0.6) is 0 Å². The Morgan fingerprint density at radius 2 is 1.88 bits per heavy atom. The second-order valence-electron chi connectivity index (χ2n) is 6.99. The van der Waals surface area contributed by atoms with Gasteiger partial charge in [-0.1, -0.05) is 36.7 Å². The summed E-state index contributed by atoms with van der Waals surface area (Å²) in [6.45, 7) is 5.67. The van der Waals surface area contributed by atoms with E-state index in [1.165, 1.54) is 0 Å². The van der Waals surface area contributed by atoms with Gasteiger partial charge in [-0.25, -0.2) is 9.67 Å². The first-order valence-electron chi connectivity index (χ1n) is 8.95. The molecule has 6 heteroatoms. The van der Waals surface area contributed by atoms with Crippen LogP contribution in [0, 0.1) is 12.8 Å². The highest BCUT2D eigenvalue weighted by Crippen LogP contribution is 2.31. The van der Waals surface area contributed by atoms with Gasteiger partial charge in [-0.2, -0.15) is 5.10 Å². The van der Waals surface area contributed by atoms with Crippen LogP contribution in [0.1, 0.15) is 35.8 Å². The highest BCUT2D eigenvalue weighted by atomic mass is 35.5. The van der Waals surface area contributed by atoms with Crippen molar-refractivity contribution in [1.29, 1.82) is 0 Å². The minimum absolute atomic E-state index is 0.0387. The van der Waals surface area contributed by atoms with Gasteiger partial charge in [-0.3, -0.25) is 4.79 Å². The predicted molar refractivity (Wildman–Crippen MR) is 103 cm³/mol. The molecule has 1 aromatic carbocycles. The van der Waals surface area contributed by atoms with Gasteiger partial charge in [-0.15, -0.1) is 0 Å². The summed E-state index contributed by atoms with van der Waals surface area (Å²) in [5.41, 5.74) is 2.81. The van der Waals surface area contributed by atoms with Crippen LogP contribution in [0.25, 0.3) is 16.7 Å². The molecule has 5 nitrogen and oxygen atoms in total. The van der Waals surface area contributed by atoms with Crippen LogP contribution in [0.15, 0.2) is 36.5 Å². The highest BCUT2D eigenvalue weighted by molar-refractivity contribution is 6.38. The van der Waals surface area contributed by atoms with Gasteiger partial charge in [-0.05, 0) is 37.8 Å². The summed E-state index contributed by atoms with van der Waals surface area (Å²) in [7, 11) is 0. The molecule has 0 saturated carbocycles. The van der Waals surface area contributed by atoms with Gasteiger partial charge < -0.3 is 4.90 Å². The largest absolute Gasteiger partial charge is 0.339 e. The maximum absolute atomic E-state index is 12.9. The van der Waals surface area contributed by atoms with E-state index in [4.69, 9.17) is 11.6 Å². The Morgan fingerprint density at radius 1 is 1.19 bits per heavy atom. The van der Waals surface area contributed by atoms with Crippen molar-refractivity contribution in [3.63, 3.8) is 0 Å². The first kappa shape index (κ1) is 17.0. The number of para-hydroxylation sites is 1. The predicted octanol–water partition coefficient (Wildman–Crippen LogP) is 4.25. The lowest BCUT2D eigenvalue weighted by molar-refractivity contribution is 0.0697. The summed E-state index contributed by atoms with van der Waals surface area (Å²) in [6.07, 6.45) is 3.65. The van der Waals surface area contributed by atoms with Crippen molar-refractivity contribution in [1.82, 2.24) is 19.7 Å². The number of aromatic nitrogens is 3. The Labute approximate surface area is 157 Å². The van der Waals surface area contributed by atoms with Gasteiger partial charge >= 0.3 is 0 Å². The van der Waals surface area contributed by atoms with Gasteiger partial charge in [0.25, 0.3) is 5.91 Å². The van der Waals surface area contributed by atoms with E-state index in [9.17, 15) is 4.79 Å². The number of fused-ring (bicyclic) bond motifs is 1. The molecule has 1 fully saturated rings. The summed E-state index contributed by atoms with van der Waals surface area (Å²) in [4.78, 5) is 19.4. The first-order chi connectivity index (χ1) is 12.6. The molecule has 0 aliphatic carbocycles. The molecule has 0 N–H and O–H groups in total. The molecular weight excluding hydrogens is 348 g/mol. The number of halogens is 1. The van der Waals surface area contributed by atoms with Crippen molar-refractivity contribution in [2.24, 2.45) is 5.92 Å². The average Bonchev–Trinajstić information content (AvgIpc) is 3.00. The normalized spacial score (nSPS) is 15.6. The van der Waals surface area contributed by atoms with Gasteiger partial charge in [0.05, 0.1) is 27.4 Å². The highest BCUT2D eigenvalue weighted by Gasteiger charge is 2.26. The van der Waals surface area contributed by atoms with E-state index in [-0.39, 0.29) is 5.91 Å². The summed E-state index contributed by atoms with van der Waals surface area (Å²) in [5, 5.41) is 5.77. The molecule has 0 bridgehead atoms. The molecule has 134 valence electrons. The Bertz CT molecular complexity index is 959. The molecule has 1 amide bonds. The topological polar surface area (TPSA) is 51.0 Å². The number of hydrogen-bond donors (Lipinski definition) is 0. The van der Waals surface area contributed by atoms with Crippen LogP contribution in [0.4, 0.5) is 0 Å². The van der Waals surface area contributed by atoms with Crippen molar-refractivity contribution in [2.45, 2.75) is 26.7 Å². The Balaban J connectivity index is 1.76. The molecule has 0 radical (unpaired) electrons. The summed E-state index contributed by atoms with van der Waals surface area (Å²) in [5.74, 6) is 0.629. The maximum atomic E-state index is 12.9. The third-order valence-electron chi connectivity index (χ3n) is 5.11. The monoisotopic (exact) mass is 368 g/mol. The zero-order valence-electron chi connectivity index (χ0n) is 14.9. The van der Waals surface area contributed by atoms with Crippen LogP contribution in [-0.2, 0) is 0 Å². The number of carbonyl (C=O) groups is 1. The SMILES string of the molecule is Cc1nn(-c2ccccc2)c2ncc(C(=O)N3CCC(C)CC3)c(Cl)c12. The molecule has 0 spiro atoms. The fourth-order valence-electron chi connectivity index (χ4n) is 3.49. The van der Waals surface area contributed by atoms with Crippen LogP contribution in [0.3, 0.4) is 0 Å². The number of carbonyl (C=O) groups excluding carboxylic acids is 1. The average molecular weight is 369 g/mol. The molecule has 3 aromatic rings. The van der Waals surface area contributed by atoms with Crippen molar-refractivity contribution < 1.29 is 4.79 Å². The summed E-state index contributed by atoms with van der Waals surface area (Å²) in [6, 6.07) is 9.80. The third-order valence-corrected chi connectivity index (χ3v) is 5.50. The van der Waals surface area contributed by atoms with E-state index < -0.39 is 0 Å². The molecule has 0 atom stereocenters. The third kappa shape index (κ3) is 2.86. The van der Waals surface area contributed by atoms with Gasteiger partial charge in [0, 0.05) is 19.3 Å². The number of hydrogen-bond acceptors (Lipinski definition) is 3. The van der Waals surface area contributed by atoms with Crippen LogP contribution >= 0.6 is 11.6 Å². The molecule has 4 rings (SSSR count). The number of amides is 1. The molecule has 2 aromatic heterocycles. The lowest BCUT2D eigenvalue weighted by Crippen LogP contribution is -2.38. The fourth-order valence-corrected chi connectivity index (χ4v) is 3.84. The Kier molecular flexibility index (Phi) is 4.41. The smallest absolute Gasteiger partial charge is 0.256 e. The maximum Gasteiger partial charge on any atom is 0.256 e. The van der Waals surface area contributed by atoms with Crippen LogP contribution in [-0.4, -0.2) is 38.7 Å². The summed E-state index contributed by atoms with van der Waals surface area (Å²) < 4.78 is 1.77. The van der Waals surface area contributed by atoms with Crippen molar-refractivity contribution >= 4 is 28.5 Å². The molecule has 0 unspecified atom stereocenters. The van der Waals surface area contributed by atoms with E-state index in [1.807, 2.05) is 42.2 Å². The Morgan fingerprint density at radius 3 is 2.58 bits per heavy atom. The first-order valence-corrected chi connectivity index (χ1v) is 9.32. The zero-order chi connectivity index (χ0) is 18.3. The van der Waals surface area contributed by atoms with Gasteiger partial charge in [0.1, 0.15) is 0 Å². The van der Waals surface area contributed by atoms with Gasteiger partial charge in [0.15, 0.2) is 5.65 Å². The molecule has 26 heavy (non-hydrogen) atoms. The fraction of sp³-hybridized carbons (Fsp3) is 0.350. The minimum atomic E-state index is -0.0387. The summed E-state index contributed by atoms with van der Waals surface area (Å²) >= 11 is 6.65. The van der Waals surface area contributed by atoms with Crippen molar-refractivity contribution in [3.05, 3.63) is 52.8 Å². The lowest BCUT2D eigenvalue weighted by atomic mass is 9.98. The molecule has 1 saturated heterocycles. The van der Waals surface area contributed by atoms with E-state index in [1.54, 1.807) is 10.9 Å². The second kappa shape index (κ2) is 6.72. The van der Waals surface area contributed by atoms with Crippen LogP contribution in [0.2, 0.25) is 5.02 Å². The number of likely N-dealkylation sites (tertiary alicyclic amines) is 1. The van der Waals surface area contributed by atoms with E-state index in [0.29, 0.717) is 22.2 Å². The number of rotatable bonds is 2. The second-order valence-corrected chi connectivity index (χ2v) is 7.37. The Hall–Kier alpha value is -2.40. The molecule has 1 aliphatic heterocycles. The minimum Gasteiger partial charge on any atom is -0.339 e. The standard InChI is InChI=1S/C20H21ClN4O/c1-13-8-10-24(11-9-13)20(26)16-12-22-19-17(18(16)21)14(2)23-25(19)15-6-4-3-5-7-15/h3-7,12-13H,8-11H2,1-2H3. The zero-order valence-corrected chi connectivity index (χ0v) is 15.7. The lowest BCUT2D eigenvalue weighted by Gasteiger charge is -2.30. The van der Waals surface area contributed by atoms with Gasteiger partial charge in [0.2, 0.25) is 0 Å². The van der Waals surface area contributed by atoms with Crippen molar-refractivity contribution in [2.75, 3.05) is 13.1 Å². The van der Waals surface area contributed by atoms with E-state index in [2.05, 4.69) is 17.0 Å². The number of benzene rings is 1. The number of nitrogens with zero attached hydrogens (tertiary/aromatic N) is 4. The van der Waals surface area contributed by atoms with E-state index >= 15 is 0 Å².